The minimum Gasteiger partial charge on any atom is -0.497 e. The maximum atomic E-state index is 12.0. The van der Waals surface area contributed by atoms with E-state index in [4.69, 9.17) is 15.2 Å². The molecule has 92 valence electrons. The Morgan fingerprint density at radius 2 is 2.12 bits per heavy atom. The van der Waals surface area contributed by atoms with Gasteiger partial charge in [-0.3, -0.25) is 4.79 Å². The Hall–Kier alpha value is -1.75. The standard InChI is InChI=1S/C12H16N2O3/c1-16-7-3-4-11(17-2)8(5-7)12(15)14-10-6-9(10)13/h3-5,9-10H,6,13H2,1-2H3,(H,14,15). The van der Waals surface area contributed by atoms with Gasteiger partial charge in [0.05, 0.1) is 19.8 Å². The largest absolute Gasteiger partial charge is 0.497 e. The second-order valence-corrected chi connectivity index (χ2v) is 4.05. The fourth-order valence-electron chi connectivity index (χ4n) is 1.62. The number of hydrogen-bond donors (Lipinski definition) is 2. The van der Waals surface area contributed by atoms with Crippen LogP contribution in [0.4, 0.5) is 0 Å². The number of hydrogen-bond acceptors (Lipinski definition) is 4. The maximum Gasteiger partial charge on any atom is 0.255 e. The summed E-state index contributed by atoms with van der Waals surface area (Å²) < 4.78 is 10.2. The van der Waals surface area contributed by atoms with E-state index in [1.807, 2.05) is 0 Å². The van der Waals surface area contributed by atoms with Crippen LogP contribution in [-0.2, 0) is 0 Å². The molecule has 0 heterocycles. The Morgan fingerprint density at radius 1 is 1.41 bits per heavy atom. The smallest absolute Gasteiger partial charge is 0.255 e. The van der Waals surface area contributed by atoms with Gasteiger partial charge in [-0.2, -0.15) is 0 Å². The summed E-state index contributed by atoms with van der Waals surface area (Å²) in [5.74, 6) is 0.965. The van der Waals surface area contributed by atoms with Crippen molar-refractivity contribution in [1.29, 1.82) is 0 Å². The summed E-state index contributed by atoms with van der Waals surface area (Å²) in [6, 6.07) is 5.27. The molecule has 0 saturated heterocycles. The first-order chi connectivity index (χ1) is 8.15. The molecule has 0 radical (unpaired) electrons. The molecule has 2 unspecified atom stereocenters. The summed E-state index contributed by atoms with van der Waals surface area (Å²) in [6.07, 6.45) is 0.831. The van der Waals surface area contributed by atoms with E-state index in [9.17, 15) is 4.79 Å². The van der Waals surface area contributed by atoms with E-state index < -0.39 is 0 Å². The minimum absolute atomic E-state index is 0.0792. The van der Waals surface area contributed by atoms with Gasteiger partial charge in [0.1, 0.15) is 11.5 Å². The van der Waals surface area contributed by atoms with Crippen molar-refractivity contribution in [1.82, 2.24) is 5.32 Å². The topological polar surface area (TPSA) is 73.6 Å². The average molecular weight is 236 g/mol. The molecule has 1 aromatic carbocycles. The summed E-state index contributed by atoms with van der Waals surface area (Å²) in [5.41, 5.74) is 6.11. The molecule has 1 saturated carbocycles. The van der Waals surface area contributed by atoms with E-state index in [0.29, 0.717) is 17.1 Å². The van der Waals surface area contributed by atoms with Crippen molar-refractivity contribution >= 4 is 5.91 Å². The van der Waals surface area contributed by atoms with Crippen LogP contribution < -0.4 is 20.5 Å². The summed E-state index contributed by atoms with van der Waals surface area (Å²) in [7, 11) is 3.09. The van der Waals surface area contributed by atoms with Crippen molar-refractivity contribution < 1.29 is 14.3 Å². The van der Waals surface area contributed by atoms with Gasteiger partial charge in [-0.15, -0.1) is 0 Å². The summed E-state index contributed by atoms with van der Waals surface area (Å²) >= 11 is 0. The summed E-state index contributed by atoms with van der Waals surface area (Å²) in [5, 5.41) is 2.85. The van der Waals surface area contributed by atoms with Crippen molar-refractivity contribution in [3.05, 3.63) is 23.8 Å². The van der Waals surface area contributed by atoms with Crippen LogP contribution >= 0.6 is 0 Å². The molecule has 1 aromatic rings. The second-order valence-electron chi connectivity index (χ2n) is 4.05. The number of nitrogens with two attached hydrogens (primary N) is 1. The lowest BCUT2D eigenvalue weighted by atomic mass is 10.1. The van der Waals surface area contributed by atoms with Crippen LogP contribution in [-0.4, -0.2) is 32.2 Å². The molecule has 5 nitrogen and oxygen atoms in total. The van der Waals surface area contributed by atoms with E-state index in [1.165, 1.54) is 7.11 Å². The van der Waals surface area contributed by atoms with Crippen molar-refractivity contribution in [3.8, 4) is 11.5 Å². The molecule has 2 rings (SSSR count). The lowest BCUT2D eigenvalue weighted by molar-refractivity contribution is 0.0947. The van der Waals surface area contributed by atoms with Crippen LogP contribution in [0.2, 0.25) is 0 Å². The molecule has 1 aliphatic rings. The first-order valence-corrected chi connectivity index (χ1v) is 5.44. The van der Waals surface area contributed by atoms with Crippen molar-refractivity contribution in [2.24, 2.45) is 5.73 Å². The molecular weight excluding hydrogens is 220 g/mol. The molecule has 1 aliphatic carbocycles. The Balaban J connectivity index is 2.19. The number of carbonyl (C=O) groups excluding carboxylic acids is 1. The van der Waals surface area contributed by atoms with Gasteiger partial charge in [0.2, 0.25) is 0 Å². The molecule has 0 bridgehead atoms. The van der Waals surface area contributed by atoms with Gasteiger partial charge in [-0.1, -0.05) is 0 Å². The van der Waals surface area contributed by atoms with Crippen molar-refractivity contribution in [2.45, 2.75) is 18.5 Å². The number of benzene rings is 1. The Bertz CT molecular complexity index is 434. The minimum atomic E-state index is -0.182. The quantitative estimate of drug-likeness (QED) is 0.800. The highest BCUT2D eigenvalue weighted by Gasteiger charge is 2.35. The normalized spacial score (nSPS) is 21.8. The zero-order valence-corrected chi connectivity index (χ0v) is 9.90. The Morgan fingerprint density at radius 3 is 2.65 bits per heavy atom. The molecule has 0 aromatic heterocycles. The highest BCUT2D eigenvalue weighted by molar-refractivity contribution is 5.97. The molecule has 1 fully saturated rings. The van der Waals surface area contributed by atoms with Crippen LogP contribution in [0.1, 0.15) is 16.8 Å². The SMILES string of the molecule is COc1ccc(OC)c(C(=O)NC2CC2N)c1. The fourth-order valence-corrected chi connectivity index (χ4v) is 1.62. The maximum absolute atomic E-state index is 12.0. The van der Waals surface area contributed by atoms with E-state index in [1.54, 1.807) is 25.3 Å². The van der Waals surface area contributed by atoms with E-state index in [2.05, 4.69) is 5.32 Å². The molecule has 1 amide bonds. The van der Waals surface area contributed by atoms with Gasteiger partial charge in [0.15, 0.2) is 0 Å². The second kappa shape index (κ2) is 4.63. The van der Waals surface area contributed by atoms with E-state index in [0.717, 1.165) is 6.42 Å². The van der Waals surface area contributed by atoms with Gasteiger partial charge >= 0.3 is 0 Å². The highest BCUT2D eigenvalue weighted by atomic mass is 16.5. The first-order valence-electron chi connectivity index (χ1n) is 5.44. The highest BCUT2D eigenvalue weighted by Crippen LogP contribution is 2.25. The average Bonchev–Trinajstić information content (AvgIpc) is 3.03. The summed E-state index contributed by atoms with van der Waals surface area (Å²) in [4.78, 5) is 12.0. The van der Waals surface area contributed by atoms with Gasteiger partial charge in [0, 0.05) is 12.1 Å². The number of methoxy groups -OCH3 is 2. The number of ether oxygens (including phenoxy) is 2. The third-order valence-electron chi connectivity index (χ3n) is 2.81. The van der Waals surface area contributed by atoms with E-state index in [-0.39, 0.29) is 18.0 Å². The van der Waals surface area contributed by atoms with Gasteiger partial charge in [0.25, 0.3) is 5.91 Å². The van der Waals surface area contributed by atoms with Crippen LogP contribution in [0, 0.1) is 0 Å². The zero-order chi connectivity index (χ0) is 12.4. The molecule has 0 spiro atoms. The number of amides is 1. The predicted octanol–water partition coefficient (Wildman–Crippen LogP) is 0.533. The van der Waals surface area contributed by atoms with Crippen LogP contribution in [0.15, 0.2) is 18.2 Å². The third kappa shape index (κ3) is 2.50. The van der Waals surface area contributed by atoms with E-state index >= 15 is 0 Å². The number of carbonyl (C=O) groups is 1. The van der Waals surface area contributed by atoms with Crippen LogP contribution in [0.25, 0.3) is 0 Å². The van der Waals surface area contributed by atoms with Gasteiger partial charge in [-0.25, -0.2) is 0 Å². The Labute approximate surface area is 99.9 Å². The van der Waals surface area contributed by atoms with Gasteiger partial charge in [-0.05, 0) is 24.6 Å². The van der Waals surface area contributed by atoms with Crippen molar-refractivity contribution in [2.75, 3.05) is 14.2 Å². The lowest BCUT2D eigenvalue weighted by Gasteiger charge is -2.10. The number of rotatable bonds is 4. The zero-order valence-electron chi connectivity index (χ0n) is 9.90. The molecular formula is C12H16N2O3. The lowest BCUT2D eigenvalue weighted by Crippen LogP contribution is -2.29. The molecule has 0 aliphatic heterocycles. The van der Waals surface area contributed by atoms with Crippen molar-refractivity contribution in [3.63, 3.8) is 0 Å². The monoisotopic (exact) mass is 236 g/mol. The molecule has 3 N–H and O–H groups in total. The Kier molecular flexibility index (Phi) is 3.19. The third-order valence-corrected chi connectivity index (χ3v) is 2.81. The molecule has 5 heteroatoms. The summed E-state index contributed by atoms with van der Waals surface area (Å²) in [6.45, 7) is 0. The first kappa shape index (κ1) is 11.7. The van der Waals surface area contributed by atoms with Gasteiger partial charge < -0.3 is 20.5 Å². The fraction of sp³-hybridized carbons (Fsp3) is 0.417. The number of nitrogens with one attached hydrogen (secondary N) is 1. The molecule has 2 atom stereocenters. The van der Waals surface area contributed by atoms with Crippen LogP contribution in [0.3, 0.4) is 0 Å². The van der Waals surface area contributed by atoms with Crippen LogP contribution in [0.5, 0.6) is 11.5 Å². The molecule has 17 heavy (non-hydrogen) atoms. The predicted molar refractivity (Wildman–Crippen MR) is 63.4 cm³/mol.